The predicted octanol–water partition coefficient (Wildman–Crippen LogP) is 2.23. The van der Waals surface area contributed by atoms with Crippen LogP contribution in [0, 0.1) is 11.8 Å². The number of quaternary nitrogens is 1. The lowest BCUT2D eigenvalue weighted by Gasteiger charge is -2.27. The molecule has 2 aromatic rings. The number of amides is 3. The van der Waals surface area contributed by atoms with Crippen LogP contribution in [0.25, 0.3) is 0 Å². The molecule has 2 saturated heterocycles. The summed E-state index contributed by atoms with van der Waals surface area (Å²) >= 11 is 6.00. The molecule has 3 heterocycles. The molecule has 7 heteroatoms. The lowest BCUT2D eigenvalue weighted by molar-refractivity contribution is -0.733. The van der Waals surface area contributed by atoms with Crippen LogP contribution in [-0.4, -0.2) is 30.3 Å². The summed E-state index contributed by atoms with van der Waals surface area (Å²) < 4.78 is 0. The van der Waals surface area contributed by atoms with E-state index in [9.17, 15) is 14.4 Å². The number of imide groups is 1. The van der Waals surface area contributed by atoms with Gasteiger partial charge in [-0.2, -0.15) is 0 Å². The molecule has 0 aromatic heterocycles. The molecule has 4 atom stereocenters. The van der Waals surface area contributed by atoms with E-state index in [2.05, 4.69) is 6.58 Å². The van der Waals surface area contributed by atoms with Crippen molar-refractivity contribution in [3.8, 4) is 0 Å². The van der Waals surface area contributed by atoms with E-state index in [4.69, 9.17) is 11.6 Å². The Morgan fingerprint density at radius 1 is 1.10 bits per heavy atom. The Bertz CT molecular complexity index is 1120. The molecule has 0 aliphatic carbocycles. The van der Waals surface area contributed by atoms with Crippen LogP contribution < -0.4 is 15.1 Å². The average Bonchev–Trinajstić information content (AvgIpc) is 3.34. The van der Waals surface area contributed by atoms with Crippen molar-refractivity contribution in [1.29, 1.82) is 0 Å². The lowest BCUT2D eigenvalue weighted by atomic mass is 9.76. The molecule has 0 saturated carbocycles. The Hall–Kier alpha value is -2.96. The Kier molecular flexibility index (Phi) is 4.53. The van der Waals surface area contributed by atoms with Crippen molar-refractivity contribution in [3.63, 3.8) is 0 Å². The third kappa shape index (κ3) is 2.52. The quantitative estimate of drug-likeness (QED) is 0.590. The summed E-state index contributed by atoms with van der Waals surface area (Å²) in [6, 6.07) is 14.1. The highest BCUT2D eigenvalue weighted by Gasteiger charge is 2.75. The Labute approximate surface area is 185 Å². The monoisotopic (exact) mass is 436 g/mol. The van der Waals surface area contributed by atoms with Crippen LogP contribution >= 0.6 is 11.6 Å². The number of benzene rings is 2. The highest BCUT2D eigenvalue weighted by molar-refractivity contribution is 6.31. The molecule has 0 bridgehead atoms. The van der Waals surface area contributed by atoms with Gasteiger partial charge in [0.15, 0.2) is 0 Å². The normalized spacial score (nSPS) is 29.1. The second-order valence-electron chi connectivity index (χ2n) is 8.32. The van der Waals surface area contributed by atoms with Crippen LogP contribution in [0.3, 0.4) is 0 Å². The van der Waals surface area contributed by atoms with Crippen molar-refractivity contribution in [2.24, 2.45) is 11.8 Å². The number of hydrogen-bond donors (Lipinski definition) is 1. The van der Waals surface area contributed by atoms with E-state index in [1.165, 1.54) is 4.90 Å². The SMILES string of the molecule is C=CCN1C(=O)[C@]2([NH2+][C@@H](CC)[C@@H]3C(=O)N(c4ccc(Cl)cc4)C(=O)[C@H]32)c2ccccc21. The number of hydrogen-bond acceptors (Lipinski definition) is 3. The number of nitrogens with two attached hydrogens (primary N) is 1. The van der Waals surface area contributed by atoms with Gasteiger partial charge in [0.05, 0.1) is 17.4 Å². The van der Waals surface area contributed by atoms with Crippen molar-refractivity contribution in [2.75, 3.05) is 16.3 Å². The molecule has 3 amide bonds. The summed E-state index contributed by atoms with van der Waals surface area (Å²) in [5, 5.41) is 2.50. The molecule has 3 aliphatic rings. The number of halogens is 1. The zero-order valence-corrected chi connectivity index (χ0v) is 17.9. The molecule has 1 spiro atoms. The van der Waals surface area contributed by atoms with Crippen LogP contribution in [0.5, 0.6) is 0 Å². The van der Waals surface area contributed by atoms with Crippen LogP contribution in [0.1, 0.15) is 18.9 Å². The zero-order chi connectivity index (χ0) is 21.9. The number of rotatable bonds is 4. The van der Waals surface area contributed by atoms with Crippen LogP contribution in [-0.2, 0) is 19.9 Å². The third-order valence-electron chi connectivity index (χ3n) is 6.89. The average molecular weight is 437 g/mol. The first-order chi connectivity index (χ1) is 15.0. The molecule has 2 aromatic carbocycles. The molecule has 6 nitrogen and oxygen atoms in total. The fraction of sp³-hybridized carbons (Fsp3) is 0.292. The number of anilines is 2. The second-order valence-corrected chi connectivity index (χ2v) is 8.76. The van der Waals surface area contributed by atoms with Gasteiger partial charge in [0, 0.05) is 17.1 Å². The van der Waals surface area contributed by atoms with Gasteiger partial charge in [0.2, 0.25) is 17.4 Å². The van der Waals surface area contributed by atoms with E-state index >= 15 is 0 Å². The minimum Gasteiger partial charge on any atom is -0.326 e. The van der Waals surface area contributed by atoms with Gasteiger partial charge in [0.25, 0.3) is 5.91 Å². The molecular weight excluding hydrogens is 414 g/mol. The third-order valence-corrected chi connectivity index (χ3v) is 7.14. The number of carbonyl (C=O) groups excluding carboxylic acids is 3. The summed E-state index contributed by atoms with van der Waals surface area (Å²) in [6.45, 7) is 6.13. The summed E-state index contributed by atoms with van der Waals surface area (Å²) in [6.07, 6.45) is 2.35. The first kappa shape index (κ1) is 20.0. The number of nitrogens with zero attached hydrogens (tertiary/aromatic N) is 2. The van der Waals surface area contributed by atoms with Gasteiger partial charge in [-0.3, -0.25) is 14.4 Å². The summed E-state index contributed by atoms with van der Waals surface area (Å²) in [5.74, 6) is -2.05. The van der Waals surface area contributed by atoms with Crippen molar-refractivity contribution in [3.05, 3.63) is 71.8 Å². The molecular formula is C24H23ClN3O3+. The van der Waals surface area contributed by atoms with Gasteiger partial charge < -0.3 is 10.2 Å². The van der Waals surface area contributed by atoms with Crippen molar-refractivity contribution >= 4 is 40.7 Å². The van der Waals surface area contributed by atoms with E-state index in [0.717, 1.165) is 11.3 Å². The first-order valence-corrected chi connectivity index (χ1v) is 10.8. The van der Waals surface area contributed by atoms with Crippen molar-refractivity contribution < 1.29 is 19.7 Å². The van der Waals surface area contributed by atoms with Crippen molar-refractivity contribution in [2.45, 2.75) is 24.9 Å². The smallest absolute Gasteiger partial charge is 0.294 e. The molecule has 31 heavy (non-hydrogen) atoms. The Balaban J connectivity index is 1.68. The number of carbonyl (C=O) groups is 3. The topological polar surface area (TPSA) is 74.3 Å². The lowest BCUT2D eigenvalue weighted by Crippen LogP contribution is -2.99. The maximum Gasteiger partial charge on any atom is 0.294 e. The highest BCUT2D eigenvalue weighted by atomic mass is 35.5. The second kappa shape index (κ2) is 7.04. The van der Waals surface area contributed by atoms with Gasteiger partial charge in [-0.15, -0.1) is 6.58 Å². The van der Waals surface area contributed by atoms with Crippen LogP contribution in [0.4, 0.5) is 11.4 Å². The molecule has 158 valence electrons. The fourth-order valence-corrected chi connectivity index (χ4v) is 5.77. The van der Waals surface area contributed by atoms with E-state index in [0.29, 0.717) is 23.7 Å². The summed E-state index contributed by atoms with van der Waals surface area (Å²) in [5.41, 5.74) is 0.926. The largest absolute Gasteiger partial charge is 0.326 e. The minimum absolute atomic E-state index is 0.154. The highest BCUT2D eigenvalue weighted by Crippen LogP contribution is 2.51. The van der Waals surface area contributed by atoms with Gasteiger partial charge in [-0.05, 0) is 36.8 Å². The zero-order valence-electron chi connectivity index (χ0n) is 17.1. The summed E-state index contributed by atoms with van der Waals surface area (Å²) in [7, 11) is 0. The molecule has 0 radical (unpaired) electrons. The molecule has 0 unspecified atom stereocenters. The Morgan fingerprint density at radius 2 is 1.81 bits per heavy atom. The fourth-order valence-electron chi connectivity index (χ4n) is 5.64. The number of para-hydroxylation sites is 1. The maximum absolute atomic E-state index is 13.9. The number of fused-ring (bicyclic) bond motifs is 4. The van der Waals surface area contributed by atoms with Crippen LogP contribution in [0.15, 0.2) is 61.2 Å². The standard InChI is InChI=1S/C24H22ClN3O3/c1-3-13-27-18-8-6-5-7-16(18)24(23(27)31)20-19(17(4-2)26-24)21(29)28(22(20)30)15-11-9-14(25)10-12-15/h3,5-12,17,19-20,26H,1,4,13H2,2H3/p+1/t17-,19-,20-,24-/m0/s1. The molecule has 2 N–H and O–H groups in total. The molecule has 3 aliphatic heterocycles. The van der Waals surface area contributed by atoms with E-state index in [-0.39, 0.29) is 23.8 Å². The predicted molar refractivity (Wildman–Crippen MR) is 118 cm³/mol. The van der Waals surface area contributed by atoms with Gasteiger partial charge >= 0.3 is 0 Å². The molecule has 5 rings (SSSR count). The molecule has 2 fully saturated rings. The van der Waals surface area contributed by atoms with Crippen molar-refractivity contribution in [1.82, 2.24) is 0 Å². The first-order valence-electron chi connectivity index (χ1n) is 10.5. The van der Waals surface area contributed by atoms with E-state index in [1.807, 2.05) is 36.5 Å². The van der Waals surface area contributed by atoms with Crippen LogP contribution in [0.2, 0.25) is 5.02 Å². The van der Waals surface area contributed by atoms with Gasteiger partial charge in [-0.25, -0.2) is 4.90 Å². The Morgan fingerprint density at radius 3 is 2.48 bits per heavy atom. The minimum atomic E-state index is -1.14. The van der Waals surface area contributed by atoms with Gasteiger partial charge in [0.1, 0.15) is 11.8 Å². The van der Waals surface area contributed by atoms with E-state index < -0.39 is 17.4 Å². The maximum atomic E-state index is 13.9. The van der Waals surface area contributed by atoms with E-state index in [1.54, 1.807) is 35.2 Å². The van der Waals surface area contributed by atoms with Gasteiger partial charge in [-0.1, -0.05) is 42.8 Å². The summed E-state index contributed by atoms with van der Waals surface area (Å²) in [4.78, 5) is 44.1.